The van der Waals surface area contributed by atoms with Gasteiger partial charge in [-0.2, -0.15) is 0 Å². The highest BCUT2D eigenvalue weighted by Gasteiger charge is 2.18. The number of ketones is 1. The van der Waals surface area contributed by atoms with Gasteiger partial charge in [0.15, 0.2) is 0 Å². The number of aliphatic hydroxyl groups excluding tert-OH is 1. The Kier molecular flexibility index (Phi) is 8.46. The maximum absolute atomic E-state index is 11.8. The number of carbonyl (C=O) groups is 2. The van der Waals surface area contributed by atoms with Gasteiger partial charge < -0.3 is 20.1 Å². The maximum atomic E-state index is 11.8. The Morgan fingerprint density at radius 2 is 1.80 bits per heavy atom. The number of likely N-dealkylation sites (tertiary alicyclic amines) is 1. The molecule has 0 aromatic rings. The van der Waals surface area contributed by atoms with Crippen molar-refractivity contribution in [3.8, 4) is 0 Å². The van der Waals surface area contributed by atoms with Gasteiger partial charge in [-0.15, -0.1) is 0 Å². The van der Waals surface area contributed by atoms with Crippen LogP contribution >= 0.6 is 0 Å². The van der Waals surface area contributed by atoms with Gasteiger partial charge in [0.2, 0.25) is 5.91 Å². The van der Waals surface area contributed by atoms with Crippen LogP contribution in [0.4, 0.5) is 0 Å². The van der Waals surface area contributed by atoms with Gasteiger partial charge in [0.1, 0.15) is 5.78 Å². The van der Waals surface area contributed by atoms with Gasteiger partial charge >= 0.3 is 0 Å². The predicted molar refractivity (Wildman–Crippen MR) is 78.5 cm³/mol. The molecule has 1 fully saturated rings. The second-order valence-electron chi connectivity index (χ2n) is 5.72. The van der Waals surface area contributed by atoms with Crippen LogP contribution in [0, 0.1) is 0 Å². The number of unbranched alkanes of at least 4 members (excludes halogenated alkanes) is 2. The molecule has 116 valence electrons. The lowest BCUT2D eigenvalue weighted by Gasteiger charge is -2.22. The first-order valence-electron chi connectivity index (χ1n) is 7.74. The van der Waals surface area contributed by atoms with Crippen molar-refractivity contribution in [2.75, 3.05) is 26.2 Å². The fourth-order valence-corrected chi connectivity index (χ4v) is 2.56. The molecule has 0 spiro atoms. The van der Waals surface area contributed by atoms with Crippen molar-refractivity contribution in [2.24, 2.45) is 0 Å². The van der Waals surface area contributed by atoms with Gasteiger partial charge in [-0.05, 0) is 45.7 Å². The van der Waals surface area contributed by atoms with E-state index in [-0.39, 0.29) is 24.3 Å². The summed E-state index contributed by atoms with van der Waals surface area (Å²) in [5, 5.41) is 12.2. The van der Waals surface area contributed by atoms with E-state index in [0.717, 1.165) is 38.9 Å². The number of hydrogen-bond acceptors (Lipinski definition) is 4. The summed E-state index contributed by atoms with van der Waals surface area (Å²) in [4.78, 5) is 24.8. The van der Waals surface area contributed by atoms with Crippen LogP contribution < -0.4 is 5.32 Å². The van der Waals surface area contributed by atoms with Crippen LogP contribution in [0.3, 0.4) is 0 Å². The average Bonchev–Trinajstić information content (AvgIpc) is 2.90. The zero-order valence-electron chi connectivity index (χ0n) is 12.6. The highest BCUT2D eigenvalue weighted by atomic mass is 16.3. The molecule has 5 heteroatoms. The number of Topliss-reactive ketones (excluding diaryl/α,β-unsaturated/α-hetero) is 1. The third kappa shape index (κ3) is 7.60. The zero-order valence-corrected chi connectivity index (χ0v) is 12.6. The molecule has 0 aromatic heterocycles. The largest absolute Gasteiger partial charge is 0.394 e. The third-order valence-electron chi connectivity index (χ3n) is 3.70. The molecular formula is C15H28N2O3. The molecule has 0 unspecified atom stereocenters. The average molecular weight is 284 g/mol. The lowest BCUT2D eigenvalue weighted by molar-refractivity contribution is -0.122. The Balaban J connectivity index is 2.10. The predicted octanol–water partition coefficient (Wildman–Crippen LogP) is 1.10. The second-order valence-corrected chi connectivity index (χ2v) is 5.72. The van der Waals surface area contributed by atoms with Gasteiger partial charge in [-0.3, -0.25) is 4.79 Å². The van der Waals surface area contributed by atoms with E-state index < -0.39 is 0 Å². The lowest BCUT2D eigenvalue weighted by Crippen LogP contribution is -2.45. The molecule has 1 heterocycles. The summed E-state index contributed by atoms with van der Waals surface area (Å²) in [7, 11) is 0. The summed E-state index contributed by atoms with van der Waals surface area (Å²) >= 11 is 0. The van der Waals surface area contributed by atoms with E-state index in [1.807, 2.05) is 0 Å². The van der Waals surface area contributed by atoms with Crippen LogP contribution in [0.5, 0.6) is 0 Å². The van der Waals surface area contributed by atoms with Gasteiger partial charge in [0.05, 0.1) is 12.6 Å². The van der Waals surface area contributed by atoms with E-state index in [1.165, 1.54) is 12.8 Å². The van der Waals surface area contributed by atoms with E-state index >= 15 is 0 Å². The monoisotopic (exact) mass is 284 g/mol. The van der Waals surface area contributed by atoms with E-state index in [0.29, 0.717) is 12.8 Å². The van der Waals surface area contributed by atoms with Crippen LogP contribution in [0.15, 0.2) is 0 Å². The molecule has 0 radical (unpaired) electrons. The summed E-state index contributed by atoms with van der Waals surface area (Å²) in [5.41, 5.74) is 0. The quantitative estimate of drug-likeness (QED) is 0.589. The summed E-state index contributed by atoms with van der Waals surface area (Å²) < 4.78 is 0. The Morgan fingerprint density at radius 3 is 2.40 bits per heavy atom. The summed E-state index contributed by atoms with van der Waals surface area (Å²) in [5.74, 6) is 0.214. The molecule has 1 aliphatic rings. The van der Waals surface area contributed by atoms with E-state index in [4.69, 9.17) is 0 Å². The molecule has 0 aromatic carbocycles. The molecule has 1 rings (SSSR count). The highest BCUT2D eigenvalue weighted by Crippen LogP contribution is 2.08. The SMILES string of the molecule is CC(=O)CCCCCC(=O)N[C@@H](CO)CN1CCCC1. The smallest absolute Gasteiger partial charge is 0.220 e. The van der Waals surface area contributed by atoms with Gasteiger partial charge in [0, 0.05) is 19.4 Å². The fraction of sp³-hybridized carbons (Fsp3) is 0.867. The molecule has 0 saturated carbocycles. The molecule has 2 N–H and O–H groups in total. The van der Waals surface area contributed by atoms with Crippen LogP contribution in [-0.4, -0.2) is 54.0 Å². The van der Waals surface area contributed by atoms with Crippen molar-refractivity contribution in [3.05, 3.63) is 0 Å². The Morgan fingerprint density at radius 1 is 1.15 bits per heavy atom. The van der Waals surface area contributed by atoms with Crippen LogP contribution in [0.25, 0.3) is 0 Å². The second kappa shape index (κ2) is 9.88. The molecule has 1 amide bonds. The maximum Gasteiger partial charge on any atom is 0.220 e. The van der Waals surface area contributed by atoms with Crippen LogP contribution in [0.1, 0.15) is 51.9 Å². The van der Waals surface area contributed by atoms with Crippen molar-refractivity contribution in [1.29, 1.82) is 0 Å². The summed E-state index contributed by atoms with van der Waals surface area (Å²) in [6.07, 6.45) is 6.08. The number of nitrogens with zero attached hydrogens (tertiary/aromatic N) is 1. The number of carbonyl (C=O) groups excluding carboxylic acids is 2. The number of amides is 1. The van der Waals surface area contributed by atoms with Crippen LogP contribution in [-0.2, 0) is 9.59 Å². The van der Waals surface area contributed by atoms with Gasteiger partial charge in [-0.25, -0.2) is 0 Å². The summed E-state index contributed by atoms with van der Waals surface area (Å²) in [6.45, 7) is 4.46. The highest BCUT2D eigenvalue weighted by molar-refractivity contribution is 5.76. The fourth-order valence-electron chi connectivity index (χ4n) is 2.56. The Hall–Kier alpha value is -0.940. The molecule has 0 aliphatic carbocycles. The minimum Gasteiger partial charge on any atom is -0.394 e. The van der Waals surface area contributed by atoms with Crippen molar-refractivity contribution in [3.63, 3.8) is 0 Å². The van der Waals surface area contributed by atoms with E-state index in [9.17, 15) is 14.7 Å². The summed E-state index contributed by atoms with van der Waals surface area (Å²) in [6, 6.07) is -0.155. The van der Waals surface area contributed by atoms with Crippen molar-refractivity contribution < 1.29 is 14.7 Å². The first kappa shape index (κ1) is 17.1. The molecule has 1 aliphatic heterocycles. The Bertz CT molecular complexity index is 301. The minimum absolute atomic E-state index is 0.00562. The van der Waals surface area contributed by atoms with Gasteiger partial charge in [-0.1, -0.05) is 6.42 Å². The molecular weight excluding hydrogens is 256 g/mol. The van der Waals surface area contributed by atoms with Crippen molar-refractivity contribution in [1.82, 2.24) is 10.2 Å². The molecule has 1 saturated heterocycles. The third-order valence-corrected chi connectivity index (χ3v) is 3.70. The van der Waals surface area contributed by atoms with Crippen molar-refractivity contribution in [2.45, 2.75) is 57.9 Å². The van der Waals surface area contributed by atoms with E-state index in [1.54, 1.807) is 6.92 Å². The first-order chi connectivity index (χ1) is 9.61. The number of hydrogen-bond donors (Lipinski definition) is 2. The minimum atomic E-state index is -0.155. The number of rotatable bonds is 10. The number of aliphatic hydroxyl groups is 1. The molecule has 5 nitrogen and oxygen atoms in total. The van der Waals surface area contributed by atoms with E-state index in [2.05, 4.69) is 10.2 Å². The molecule has 0 bridgehead atoms. The standard InChI is InChI=1S/C15H28N2O3/c1-13(19)7-3-2-4-8-15(20)16-14(12-18)11-17-9-5-6-10-17/h14,18H,2-12H2,1H3,(H,16,20)/t14-/m1/s1. The first-order valence-corrected chi connectivity index (χ1v) is 7.74. The Labute approximate surface area is 121 Å². The van der Waals surface area contributed by atoms with Gasteiger partial charge in [0.25, 0.3) is 0 Å². The molecule has 1 atom stereocenters. The molecule has 20 heavy (non-hydrogen) atoms. The van der Waals surface area contributed by atoms with Crippen molar-refractivity contribution >= 4 is 11.7 Å². The lowest BCUT2D eigenvalue weighted by atomic mass is 10.1. The topological polar surface area (TPSA) is 69.6 Å². The number of nitrogens with one attached hydrogen (secondary N) is 1. The van der Waals surface area contributed by atoms with Crippen LogP contribution in [0.2, 0.25) is 0 Å². The zero-order chi connectivity index (χ0) is 14.8. The normalized spacial score (nSPS) is 17.1.